The Labute approximate surface area is 112 Å². The van der Waals surface area contributed by atoms with E-state index >= 15 is 0 Å². The Kier molecular flexibility index (Phi) is 4.16. The van der Waals surface area contributed by atoms with Crippen LogP contribution in [-0.4, -0.2) is 15.8 Å². The lowest BCUT2D eigenvalue weighted by Crippen LogP contribution is -2.22. The molecule has 1 heterocycles. The molecule has 1 aromatic carbocycles. The van der Waals surface area contributed by atoms with Crippen molar-refractivity contribution in [3.05, 3.63) is 42.0 Å². The third-order valence-electron chi connectivity index (χ3n) is 2.67. The van der Waals surface area contributed by atoms with E-state index in [1.54, 1.807) is 36.3 Å². The minimum Gasteiger partial charge on any atom is -0.454 e. The third kappa shape index (κ3) is 3.54. The number of ether oxygens (including phenoxy) is 1. The van der Waals surface area contributed by atoms with Gasteiger partial charge in [0, 0.05) is 25.2 Å². The summed E-state index contributed by atoms with van der Waals surface area (Å²) in [5.41, 5.74) is 0.528. The maximum Gasteiger partial charge on any atom is 0.165 e. The second kappa shape index (κ2) is 5.84. The highest BCUT2D eigenvalue weighted by atomic mass is 19.1. The van der Waals surface area contributed by atoms with Crippen molar-refractivity contribution in [2.75, 3.05) is 0 Å². The summed E-state index contributed by atoms with van der Waals surface area (Å²) in [7, 11) is 1.81. The number of halogens is 1. The molecule has 1 N–H and O–H groups in total. The lowest BCUT2D eigenvalue weighted by atomic mass is 10.1. The van der Waals surface area contributed by atoms with E-state index < -0.39 is 0 Å². The molecule has 2 rings (SSSR count). The van der Waals surface area contributed by atoms with Crippen molar-refractivity contribution in [1.29, 1.82) is 0 Å². The van der Waals surface area contributed by atoms with Crippen molar-refractivity contribution in [3.8, 4) is 11.5 Å². The van der Waals surface area contributed by atoms with E-state index in [1.807, 2.05) is 13.8 Å². The smallest absolute Gasteiger partial charge is 0.165 e. The fourth-order valence-corrected chi connectivity index (χ4v) is 1.69. The number of nitrogens with one attached hydrogen (secondary N) is 1. The molecular weight excluding hydrogens is 245 g/mol. The molecule has 2 aromatic rings. The minimum absolute atomic E-state index is 0.269. The Morgan fingerprint density at radius 1 is 1.42 bits per heavy atom. The normalized spacial score (nSPS) is 11.0. The largest absolute Gasteiger partial charge is 0.454 e. The first-order valence-corrected chi connectivity index (χ1v) is 6.23. The molecule has 0 saturated carbocycles. The van der Waals surface area contributed by atoms with Crippen LogP contribution in [0.25, 0.3) is 0 Å². The summed E-state index contributed by atoms with van der Waals surface area (Å²) in [6, 6.07) is 5.12. The molecule has 102 valence electrons. The highest BCUT2D eigenvalue weighted by molar-refractivity contribution is 5.37. The fraction of sp³-hybridized carbons (Fsp3) is 0.357. The van der Waals surface area contributed by atoms with Gasteiger partial charge >= 0.3 is 0 Å². The van der Waals surface area contributed by atoms with Crippen LogP contribution >= 0.6 is 0 Å². The monoisotopic (exact) mass is 263 g/mol. The number of hydrogen-bond acceptors (Lipinski definition) is 3. The lowest BCUT2D eigenvalue weighted by Gasteiger charge is -2.13. The molecule has 0 aliphatic heterocycles. The predicted molar refractivity (Wildman–Crippen MR) is 71.7 cm³/mol. The molecule has 5 heteroatoms. The van der Waals surface area contributed by atoms with Gasteiger partial charge in [-0.1, -0.05) is 19.9 Å². The average molecular weight is 263 g/mol. The molecule has 0 atom stereocenters. The van der Waals surface area contributed by atoms with Crippen molar-refractivity contribution in [3.63, 3.8) is 0 Å². The molecule has 1 aromatic heterocycles. The molecule has 0 radical (unpaired) electrons. The van der Waals surface area contributed by atoms with Crippen LogP contribution in [-0.2, 0) is 13.6 Å². The molecule has 0 unspecified atom stereocenters. The predicted octanol–water partition coefficient (Wildman–Crippen LogP) is 2.85. The summed E-state index contributed by atoms with van der Waals surface area (Å²) < 4.78 is 21.2. The molecule has 0 fully saturated rings. The molecule has 19 heavy (non-hydrogen) atoms. The SMILES string of the molecule is CC(C)NCc1c(F)cccc1Oc1cnn(C)c1. The van der Waals surface area contributed by atoms with Gasteiger partial charge in [-0.05, 0) is 12.1 Å². The van der Waals surface area contributed by atoms with Gasteiger partial charge in [-0.25, -0.2) is 4.39 Å². The topological polar surface area (TPSA) is 39.1 Å². The van der Waals surface area contributed by atoms with Gasteiger partial charge in [0.2, 0.25) is 0 Å². The molecule has 0 saturated heterocycles. The first kappa shape index (κ1) is 13.5. The van der Waals surface area contributed by atoms with Gasteiger partial charge in [0.1, 0.15) is 11.6 Å². The van der Waals surface area contributed by atoms with E-state index in [9.17, 15) is 4.39 Å². The summed E-state index contributed by atoms with van der Waals surface area (Å²) in [6.07, 6.45) is 3.34. The number of rotatable bonds is 5. The number of aryl methyl sites for hydroxylation is 1. The number of nitrogens with zero attached hydrogens (tertiary/aromatic N) is 2. The summed E-state index contributed by atoms with van der Waals surface area (Å²) in [5.74, 6) is 0.842. The van der Waals surface area contributed by atoms with Gasteiger partial charge in [0.15, 0.2) is 5.75 Å². The van der Waals surface area contributed by atoms with E-state index in [2.05, 4.69) is 10.4 Å². The van der Waals surface area contributed by atoms with Crippen LogP contribution in [0.15, 0.2) is 30.6 Å². The first-order chi connectivity index (χ1) is 9.06. The highest BCUT2D eigenvalue weighted by Crippen LogP contribution is 2.26. The summed E-state index contributed by atoms with van der Waals surface area (Å²) in [6.45, 7) is 4.46. The summed E-state index contributed by atoms with van der Waals surface area (Å²) >= 11 is 0. The van der Waals surface area contributed by atoms with Gasteiger partial charge in [-0.2, -0.15) is 5.10 Å². The zero-order valence-electron chi connectivity index (χ0n) is 11.4. The Morgan fingerprint density at radius 2 is 2.21 bits per heavy atom. The second-order valence-electron chi connectivity index (χ2n) is 4.70. The molecule has 0 spiro atoms. The number of benzene rings is 1. The van der Waals surface area contributed by atoms with Crippen molar-refractivity contribution in [2.45, 2.75) is 26.4 Å². The van der Waals surface area contributed by atoms with Gasteiger partial charge in [-0.15, -0.1) is 0 Å². The van der Waals surface area contributed by atoms with Gasteiger partial charge < -0.3 is 10.1 Å². The fourth-order valence-electron chi connectivity index (χ4n) is 1.69. The van der Waals surface area contributed by atoms with Crippen molar-refractivity contribution >= 4 is 0 Å². The molecule has 4 nitrogen and oxygen atoms in total. The van der Waals surface area contributed by atoms with Crippen molar-refractivity contribution in [1.82, 2.24) is 15.1 Å². The van der Waals surface area contributed by atoms with Crippen LogP contribution in [0.5, 0.6) is 11.5 Å². The van der Waals surface area contributed by atoms with Crippen molar-refractivity contribution in [2.24, 2.45) is 7.05 Å². The molecule has 0 bridgehead atoms. The Hall–Kier alpha value is -1.88. The van der Waals surface area contributed by atoms with Crippen LogP contribution in [0, 0.1) is 5.82 Å². The van der Waals surface area contributed by atoms with E-state index in [0.717, 1.165) is 0 Å². The van der Waals surface area contributed by atoms with E-state index in [4.69, 9.17) is 4.74 Å². The van der Waals surface area contributed by atoms with E-state index in [0.29, 0.717) is 23.6 Å². The van der Waals surface area contributed by atoms with Crippen LogP contribution in [0.4, 0.5) is 4.39 Å². The Morgan fingerprint density at radius 3 is 2.84 bits per heavy atom. The lowest BCUT2D eigenvalue weighted by molar-refractivity contribution is 0.457. The third-order valence-corrected chi connectivity index (χ3v) is 2.67. The van der Waals surface area contributed by atoms with Gasteiger partial charge in [0.25, 0.3) is 0 Å². The van der Waals surface area contributed by atoms with Gasteiger partial charge in [-0.3, -0.25) is 4.68 Å². The second-order valence-corrected chi connectivity index (χ2v) is 4.70. The quantitative estimate of drug-likeness (QED) is 0.901. The van der Waals surface area contributed by atoms with Crippen LogP contribution in [0.1, 0.15) is 19.4 Å². The minimum atomic E-state index is -0.269. The molecule has 0 aliphatic rings. The summed E-state index contributed by atoms with van der Waals surface area (Å²) in [4.78, 5) is 0. The summed E-state index contributed by atoms with van der Waals surface area (Å²) in [5, 5.41) is 7.21. The van der Waals surface area contributed by atoms with Gasteiger partial charge in [0.05, 0.1) is 12.4 Å². The van der Waals surface area contributed by atoms with Crippen LogP contribution in [0.3, 0.4) is 0 Å². The van der Waals surface area contributed by atoms with Crippen molar-refractivity contribution < 1.29 is 9.13 Å². The van der Waals surface area contributed by atoms with E-state index in [1.165, 1.54) is 6.07 Å². The Balaban J connectivity index is 2.21. The number of aromatic nitrogens is 2. The zero-order valence-corrected chi connectivity index (χ0v) is 11.4. The van der Waals surface area contributed by atoms with Crippen LogP contribution in [0.2, 0.25) is 0 Å². The first-order valence-electron chi connectivity index (χ1n) is 6.23. The maximum atomic E-state index is 13.9. The zero-order chi connectivity index (χ0) is 13.8. The Bertz CT molecular complexity index is 551. The number of hydrogen-bond donors (Lipinski definition) is 1. The maximum absolute atomic E-state index is 13.9. The standard InChI is InChI=1S/C14H18FN3O/c1-10(2)16-8-12-13(15)5-4-6-14(12)19-11-7-17-18(3)9-11/h4-7,9-10,16H,8H2,1-3H3. The molecular formula is C14H18FN3O. The molecule has 0 amide bonds. The molecule has 0 aliphatic carbocycles. The van der Waals surface area contributed by atoms with E-state index in [-0.39, 0.29) is 11.9 Å². The highest BCUT2D eigenvalue weighted by Gasteiger charge is 2.11. The average Bonchev–Trinajstić information content (AvgIpc) is 2.74. The van der Waals surface area contributed by atoms with Crippen LogP contribution < -0.4 is 10.1 Å².